The van der Waals surface area contributed by atoms with Crippen LogP contribution in [0.15, 0.2) is 0 Å². The quantitative estimate of drug-likeness (QED) is 0.760. The number of hydrogen-bond donors (Lipinski definition) is 2. The fraction of sp³-hybridized carbons (Fsp3) is 1.00. The average Bonchev–Trinajstić information content (AvgIpc) is 2.94. The zero-order valence-electron chi connectivity index (χ0n) is 11.8. The van der Waals surface area contributed by atoms with Crippen LogP contribution < -0.4 is 0 Å². The van der Waals surface area contributed by atoms with E-state index in [9.17, 15) is 18.6 Å². The van der Waals surface area contributed by atoms with E-state index >= 15 is 0 Å². The van der Waals surface area contributed by atoms with Crippen molar-refractivity contribution in [2.45, 2.75) is 62.8 Å². The number of aliphatic hydroxyl groups is 2. The molecule has 2 heterocycles. The minimum atomic E-state index is -3.10. The number of rotatable bonds is 2. The van der Waals surface area contributed by atoms with Crippen LogP contribution in [0.1, 0.15) is 38.5 Å². The van der Waals surface area contributed by atoms with Crippen molar-refractivity contribution in [1.29, 1.82) is 0 Å². The standard InChI is InChI=1S/C14H25NO4S/c16-13-6-2-1-4-10(13)11-5-3-7-15(11)12-8-20(18,19)9-14(12)17/h10-14,16-17H,1-9H2. The first kappa shape index (κ1) is 14.8. The number of likely N-dealkylation sites (tertiary alicyclic amines) is 1. The summed E-state index contributed by atoms with van der Waals surface area (Å²) in [6.07, 6.45) is 5.16. The molecule has 0 aromatic carbocycles. The molecule has 6 heteroatoms. The van der Waals surface area contributed by atoms with Gasteiger partial charge in [0.05, 0.1) is 29.8 Å². The Morgan fingerprint density at radius 2 is 1.60 bits per heavy atom. The summed E-state index contributed by atoms with van der Waals surface area (Å²) >= 11 is 0. The highest BCUT2D eigenvalue weighted by Gasteiger charge is 2.46. The van der Waals surface area contributed by atoms with Crippen LogP contribution in [-0.2, 0) is 9.84 Å². The van der Waals surface area contributed by atoms with E-state index < -0.39 is 15.9 Å². The molecule has 5 unspecified atom stereocenters. The van der Waals surface area contributed by atoms with Gasteiger partial charge in [0, 0.05) is 12.0 Å². The lowest BCUT2D eigenvalue weighted by Crippen LogP contribution is -2.50. The van der Waals surface area contributed by atoms with E-state index in [1.165, 1.54) is 0 Å². The summed E-state index contributed by atoms with van der Waals surface area (Å²) in [6.45, 7) is 0.852. The summed E-state index contributed by atoms with van der Waals surface area (Å²) in [5, 5.41) is 20.3. The molecule has 1 saturated carbocycles. The van der Waals surface area contributed by atoms with Gasteiger partial charge < -0.3 is 10.2 Å². The second kappa shape index (κ2) is 5.55. The van der Waals surface area contributed by atoms with Crippen molar-refractivity contribution in [3.05, 3.63) is 0 Å². The molecule has 0 spiro atoms. The number of hydrogen-bond acceptors (Lipinski definition) is 5. The molecule has 2 N–H and O–H groups in total. The van der Waals surface area contributed by atoms with E-state index in [0.717, 1.165) is 45.1 Å². The lowest BCUT2D eigenvalue weighted by Gasteiger charge is -2.40. The topological polar surface area (TPSA) is 77.8 Å². The summed E-state index contributed by atoms with van der Waals surface area (Å²) in [5.41, 5.74) is 0. The third-order valence-electron chi connectivity index (χ3n) is 5.34. The Bertz CT molecular complexity index is 452. The zero-order valence-corrected chi connectivity index (χ0v) is 12.6. The summed E-state index contributed by atoms with van der Waals surface area (Å²) in [6, 6.07) is -0.0140. The number of nitrogens with zero attached hydrogens (tertiary/aromatic N) is 1. The first-order chi connectivity index (χ1) is 9.48. The van der Waals surface area contributed by atoms with Crippen molar-refractivity contribution in [3.8, 4) is 0 Å². The van der Waals surface area contributed by atoms with E-state index in [2.05, 4.69) is 4.90 Å². The zero-order chi connectivity index (χ0) is 14.3. The smallest absolute Gasteiger partial charge is 0.154 e. The molecule has 5 nitrogen and oxygen atoms in total. The van der Waals surface area contributed by atoms with Gasteiger partial charge in [-0.25, -0.2) is 8.42 Å². The van der Waals surface area contributed by atoms with Crippen molar-refractivity contribution < 1.29 is 18.6 Å². The highest BCUT2D eigenvalue weighted by molar-refractivity contribution is 7.91. The molecular weight excluding hydrogens is 278 g/mol. The maximum Gasteiger partial charge on any atom is 0.154 e. The predicted molar refractivity (Wildman–Crippen MR) is 76.1 cm³/mol. The van der Waals surface area contributed by atoms with Crippen LogP contribution in [0.4, 0.5) is 0 Å². The minimum Gasteiger partial charge on any atom is -0.393 e. The molecule has 3 fully saturated rings. The summed E-state index contributed by atoms with van der Waals surface area (Å²) in [5.74, 6) is 0.225. The summed E-state index contributed by atoms with van der Waals surface area (Å²) in [4.78, 5) is 2.19. The Morgan fingerprint density at radius 3 is 2.25 bits per heavy atom. The van der Waals surface area contributed by atoms with Crippen LogP contribution in [-0.4, -0.2) is 65.9 Å². The molecule has 3 rings (SSSR count). The Morgan fingerprint density at radius 1 is 0.850 bits per heavy atom. The molecule has 0 amide bonds. The van der Waals surface area contributed by atoms with Gasteiger partial charge in [-0.2, -0.15) is 0 Å². The monoisotopic (exact) mass is 303 g/mol. The fourth-order valence-electron chi connectivity index (χ4n) is 4.40. The molecule has 3 aliphatic rings. The minimum absolute atomic E-state index is 0.0769. The molecule has 0 aromatic heterocycles. The van der Waals surface area contributed by atoms with Crippen LogP contribution in [0.2, 0.25) is 0 Å². The van der Waals surface area contributed by atoms with Gasteiger partial charge in [0.2, 0.25) is 0 Å². The van der Waals surface area contributed by atoms with Crippen LogP contribution >= 0.6 is 0 Å². The van der Waals surface area contributed by atoms with E-state index in [0.29, 0.717) is 0 Å². The van der Waals surface area contributed by atoms with Gasteiger partial charge >= 0.3 is 0 Å². The van der Waals surface area contributed by atoms with Gasteiger partial charge in [-0.15, -0.1) is 0 Å². The Kier molecular flexibility index (Phi) is 4.10. The molecular formula is C14H25NO4S. The molecule has 0 radical (unpaired) electrons. The largest absolute Gasteiger partial charge is 0.393 e. The van der Waals surface area contributed by atoms with Crippen molar-refractivity contribution in [2.24, 2.45) is 5.92 Å². The average molecular weight is 303 g/mol. The molecule has 1 aliphatic carbocycles. The highest BCUT2D eigenvalue weighted by atomic mass is 32.2. The Labute approximate surface area is 120 Å². The van der Waals surface area contributed by atoms with Crippen LogP contribution in [0.25, 0.3) is 0 Å². The summed E-state index contributed by atoms with van der Waals surface area (Å²) in [7, 11) is -3.10. The molecule has 20 heavy (non-hydrogen) atoms. The number of sulfone groups is 1. The van der Waals surface area contributed by atoms with E-state index in [-0.39, 0.29) is 35.6 Å². The van der Waals surface area contributed by atoms with Gasteiger partial charge in [-0.3, -0.25) is 4.90 Å². The molecule has 0 aromatic rings. The first-order valence-corrected chi connectivity index (χ1v) is 9.62. The molecule has 2 aliphatic heterocycles. The van der Waals surface area contributed by atoms with Crippen LogP contribution in [0.3, 0.4) is 0 Å². The number of aliphatic hydroxyl groups excluding tert-OH is 2. The summed E-state index contributed by atoms with van der Waals surface area (Å²) < 4.78 is 23.4. The van der Waals surface area contributed by atoms with Crippen molar-refractivity contribution >= 4 is 9.84 Å². The molecule has 2 saturated heterocycles. The van der Waals surface area contributed by atoms with Crippen molar-refractivity contribution in [1.82, 2.24) is 4.90 Å². The van der Waals surface area contributed by atoms with E-state index in [1.807, 2.05) is 0 Å². The van der Waals surface area contributed by atoms with E-state index in [4.69, 9.17) is 0 Å². The lowest BCUT2D eigenvalue weighted by atomic mass is 9.80. The highest BCUT2D eigenvalue weighted by Crippen LogP contribution is 2.37. The third kappa shape index (κ3) is 2.75. The molecule has 5 atom stereocenters. The SMILES string of the molecule is O=S1(=O)CC(O)C(N2CCCC2C2CCCCC2O)C1. The van der Waals surface area contributed by atoms with Crippen molar-refractivity contribution in [2.75, 3.05) is 18.1 Å². The van der Waals surface area contributed by atoms with E-state index in [1.54, 1.807) is 0 Å². The Balaban J connectivity index is 1.75. The van der Waals surface area contributed by atoms with Gasteiger partial charge in [0.15, 0.2) is 9.84 Å². The lowest BCUT2D eigenvalue weighted by molar-refractivity contribution is -0.00514. The second-order valence-corrected chi connectivity index (χ2v) is 8.83. The predicted octanol–water partition coefficient (Wildman–Crippen LogP) is 0.160. The van der Waals surface area contributed by atoms with Gasteiger partial charge in [-0.05, 0) is 32.2 Å². The van der Waals surface area contributed by atoms with Gasteiger partial charge in [0.1, 0.15) is 0 Å². The maximum absolute atomic E-state index is 11.7. The van der Waals surface area contributed by atoms with Crippen LogP contribution in [0, 0.1) is 5.92 Å². The normalized spacial score (nSPS) is 45.8. The Hall–Kier alpha value is -0.170. The van der Waals surface area contributed by atoms with Crippen molar-refractivity contribution in [3.63, 3.8) is 0 Å². The molecule has 116 valence electrons. The van der Waals surface area contributed by atoms with Crippen LogP contribution in [0.5, 0.6) is 0 Å². The third-order valence-corrected chi connectivity index (χ3v) is 7.04. The fourth-order valence-corrected chi connectivity index (χ4v) is 6.22. The van der Waals surface area contributed by atoms with Gasteiger partial charge in [0.25, 0.3) is 0 Å². The second-order valence-electron chi connectivity index (χ2n) is 6.67. The maximum atomic E-state index is 11.7. The molecule has 0 bridgehead atoms. The van der Waals surface area contributed by atoms with Gasteiger partial charge in [-0.1, -0.05) is 12.8 Å². The first-order valence-electron chi connectivity index (χ1n) is 7.80.